The fraction of sp³-hybridized carbons (Fsp3) is 1.00. The van der Waals surface area contributed by atoms with Crippen molar-refractivity contribution in [2.45, 2.75) is 63.7 Å². The molecule has 1 N–H and O–H groups in total. The first-order chi connectivity index (χ1) is 7.96. The van der Waals surface area contributed by atoms with E-state index >= 15 is 0 Å². The van der Waals surface area contributed by atoms with E-state index in [0.717, 1.165) is 6.54 Å². The summed E-state index contributed by atoms with van der Waals surface area (Å²) in [5.74, 6) is 0.530. The summed E-state index contributed by atoms with van der Waals surface area (Å²) in [7, 11) is -2.95. The Hall–Kier alpha value is -0.0900. The van der Waals surface area contributed by atoms with Crippen molar-refractivity contribution in [3.05, 3.63) is 0 Å². The van der Waals surface area contributed by atoms with E-state index < -0.39 is 9.84 Å². The van der Waals surface area contributed by atoms with Crippen LogP contribution in [0.2, 0.25) is 0 Å². The van der Waals surface area contributed by atoms with Gasteiger partial charge in [0.15, 0.2) is 9.84 Å². The Morgan fingerprint density at radius 1 is 1.18 bits per heavy atom. The van der Waals surface area contributed by atoms with Gasteiger partial charge in [-0.1, -0.05) is 32.6 Å². The van der Waals surface area contributed by atoms with E-state index in [0.29, 0.717) is 5.92 Å². The van der Waals surface area contributed by atoms with Crippen molar-refractivity contribution in [2.75, 3.05) is 12.8 Å². The van der Waals surface area contributed by atoms with Gasteiger partial charge >= 0.3 is 0 Å². The maximum Gasteiger partial charge on any atom is 0.151 e. The lowest BCUT2D eigenvalue weighted by Crippen LogP contribution is -2.47. The molecule has 0 heterocycles. The van der Waals surface area contributed by atoms with Crippen molar-refractivity contribution < 1.29 is 8.42 Å². The Kier molecular flexibility index (Phi) is 5.93. The van der Waals surface area contributed by atoms with Crippen molar-refractivity contribution in [1.82, 2.24) is 5.32 Å². The molecule has 0 spiro atoms. The fourth-order valence-electron chi connectivity index (χ4n) is 2.89. The lowest BCUT2D eigenvalue weighted by atomic mass is 9.90. The second-order valence-electron chi connectivity index (χ2n) is 5.37. The molecule has 1 rings (SSSR count). The van der Waals surface area contributed by atoms with Gasteiger partial charge in [-0.05, 0) is 32.2 Å². The summed E-state index contributed by atoms with van der Waals surface area (Å²) in [4.78, 5) is 0. The molecule has 0 bridgehead atoms. The van der Waals surface area contributed by atoms with Gasteiger partial charge in [-0.25, -0.2) is 8.42 Å². The van der Waals surface area contributed by atoms with Crippen LogP contribution in [0, 0.1) is 5.92 Å². The third-order valence-corrected chi connectivity index (χ3v) is 5.67. The molecular formula is C13H27NO2S. The molecule has 2 atom stereocenters. The van der Waals surface area contributed by atoms with E-state index in [1.807, 2.05) is 6.92 Å². The summed E-state index contributed by atoms with van der Waals surface area (Å²) < 4.78 is 23.5. The van der Waals surface area contributed by atoms with Crippen molar-refractivity contribution in [2.24, 2.45) is 5.92 Å². The van der Waals surface area contributed by atoms with E-state index in [1.165, 1.54) is 44.8 Å². The van der Waals surface area contributed by atoms with Crippen LogP contribution >= 0.6 is 0 Å². The highest BCUT2D eigenvalue weighted by molar-refractivity contribution is 7.91. The predicted octanol–water partition coefficient (Wildman–Crippen LogP) is 2.37. The Morgan fingerprint density at radius 3 is 2.12 bits per heavy atom. The molecular weight excluding hydrogens is 234 g/mol. The van der Waals surface area contributed by atoms with Gasteiger partial charge in [-0.15, -0.1) is 0 Å². The maximum absolute atomic E-state index is 11.7. The first-order valence-corrected chi connectivity index (χ1v) is 8.84. The molecule has 1 saturated carbocycles. The van der Waals surface area contributed by atoms with Crippen molar-refractivity contribution in [1.29, 1.82) is 0 Å². The minimum absolute atomic E-state index is 0.132. The second kappa shape index (κ2) is 6.74. The molecule has 0 saturated heterocycles. The summed E-state index contributed by atoms with van der Waals surface area (Å²) in [6.07, 6.45) is 8.84. The summed E-state index contributed by atoms with van der Waals surface area (Å²) >= 11 is 0. The van der Waals surface area contributed by atoms with Crippen LogP contribution < -0.4 is 5.32 Å². The first kappa shape index (κ1) is 15.0. The average Bonchev–Trinajstić information content (AvgIpc) is 2.52. The molecule has 0 aromatic heterocycles. The third-order valence-electron chi connectivity index (χ3n) is 4.03. The van der Waals surface area contributed by atoms with Crippen LogP contribution in [0.5, 0.6) is 0 Å². The second-order valence-corrected chi connectivity index (χ2v) is 7.77. The molecule has 0 aromatic rings. The highest BCUT2D eigenvalue weighted by Gasteiger charge is 2.31. The molecule has 0 amide bonds. The molecule has 102 valence electrons. The van der Waals surface area contributed by atoms with E-state index in [4.69, 9.17) is 0 Å². The molecule has 3 nitrogen and oxygen atoms in total. The number of nitrogens with one attached hydrogen (secondary N) is 1. The van der Waals surface area contributed by atoms with Gasteiger partial charge in [0.1, 0.15) is 0 Å². The standard InChI is InChI=1S/C13H27NO2S/c1-4-14-13(11(2)17(3,15)16)12-9-7-5-6-8-10-12/h11-14H,4-10H2,1-3H3. The zero-order chi connectivity index (χ0) is 12.9. The predicted molar refractivity (Wildman–Crippen MR) is 73.0 cm³/mol. The van der Waals surface area contributed by atoms with Gasteiger partial charge in [0, 0.05) is 12.3 Å². The molecule has 1 aliphatic carbocycles. The molecule has 0 aromatic carbocycles. The summed E-state index contributed by atoms with van der Waals surface area (Å²) in [6.45, 7) is 4.76. The van der Waals surface area contributed by atoms with Crippen LogP contribution in [0.1, 0.15) is 52.4 Å². The number of rotatable bonds is 5. The highest BCUT2D eigenvalue weighted by Crippen LogP contribution is 2.28. The van der Waals surface area contributed by atoms with Crippen LogP contribution in [0.4, 0.5) is 0 Å². The zero-order valence-electron chi connectivity index (χ0n) is 11.4. The van der Waals surface area contributed by atoms with Crippen LogP contribution in [-0.4, -0.2) is 32.5 Å². The van der Waals surface area contributed by atoms with Gasteiger partial charge in [0.2, 0.25) is 0 Å². The van der Waals surface area contributed by atoms with Gasteiger partial charge in [-0.2, -0.15) is 0 Å². The molecule has 0 aliphatic heterocycles. The van der Waals surface area contributed by atoms with Gasteiger partial charge in [0.05, 0.1) is 5.25 Å². The van der Waals surface area contributed by atoms with E-state index in [2.05, 4.69) is 12.2 Å². The number of hydrogen-bond donors (Lipinski definition) is 1. The van der Waals surface area contributed by atoms with Crippen molar-refractivity contribution >= 4 is 9.84 Å². The van der Waals surface area contributed by atoms with Crippen LogP contribution in [0.15, 0.2) is 0 Å². The largest absolute Gasteiger partial charge is 0.313 e. The smallest absolute Gasteiger partial charge is 0.151 e. The topological polar surface area (TPSA) is 46.2 Å². The van der Waals surface area contributed by atoms with Crippen molar-refractivity contribution in [3.8, 4) is 0 Å². The number of sulfone groups is 1. The Bertz CT molecular complexity index is 305. The minimum Gasteiger partial charge on any atom is -0.313 e. The van der Waals surface area contributed by atoms with Gasteiger partial charge in [0.25, 0.3) is 0 Å². The maximum atomic E-state index is 11.7. The summed E-state index contributed by atoms with van der Waals surface area (Å²) in [6, 6.07) is 0.132. The van der Waals surface area contributed by atoms with Crippen LogP contribution in [0.3, 0.4) is 0 Å². The highest BCUT2D eigenvalue weighted by atomic mass is 32.2. The molecule has 1 fully saturated rings. The Morgan fingerprint density at radius 2 is 1.71 bits per heavy atom. The molecule has 0 radical (unpaired) electrons. The number of hydrogen-bond acceptors (Lipinski definition) is 3. The SMILES string of the molecule is CCNC(C1CCCCCC1)C(C)S(C)(=O)=O. The quantitative estimate of drug-likeness (QED) is 0.773. The Balaban J connectivity index is 2.75. The summed E-state index contributed by atoms with van der Waals surface area (Å²) in [5, 5.41) is 3.13. The molecule has 1 aliphatic rings. The fourth-order valence-corrected chi connectivity index (χ4v) is 3.74. The first-order valence-electron chi connectivity index (χ1n) is 6.89. The molecule has 2 unspecified atom stereocenters. The summed E-state index contributed by atoms with van der Waals surface area (Å²) in [5.41, 5.74) is 0. The molecule has 4 heteroatoms. The van der Waals surface area contributed by atoms with Crippen LogP contribution in [0.25, 0.3) is 0 Å². The molecule has 17 heavy (non-hydrogen) atoms. The Labute approximate surface area is 106 Å². The third kappa shape index (κ3) is 4.59. The van der Waals surface area contributed by atoms with E-state index in [1.54, 1.807) is 0 Å². The normalized spacial score (nSPS) is 23.0. The minimum atomic E-state index is -2.95. The van der Waals surface area contributed by atoms with Gasteiger partial charge < -0.3 is 5.32 Å². The van der Waals surface area contributed by atoms with Crippen LogP contribution in [-0.2, 0) is 9.84 Å². The van der Waals surface area contributed by atoms with Crippen molar-refractivity contribution in [3.63, 3.8) is 0 Å². The zero-order valence-corrected chi connectivity index (χ0v) is 12.2. The lowest BCUT2D eigenvalue weighted by molar-refractivity contribution is 0.316. The van der Waals surface area contributed by atoms with Gasteiger partial charge in [-0.3, -0.25) is 0 Å². The van der Waals surface area contributed by atoms with E-state index in [-0.39, 0.29) is 11.3 Å². The lowest BCUT2D eigenvalue weighted by Gasteiger charge is -2.31. The van der Waals surface area contributed by atoms with E-state index in [9.17, 15) is 8.42 Å². The average molecular weight is 261 g/mol. The monoisotopic (exact) mass is 261 g/mol.